The van der Waals surface area contributed by atoms with E-state index in [1.54, 1.807) is 0 Å². The van der Waals surface area contributed by atoms with Crippen LogP contribution in [-0.2, 0) is 9.59 Å². The second-order valence-electron chi connectivity index (χ2n) is 7.51. The van der Waals surface area contributed by atoms with E-state index in [-0.39, 0.29) is 17.7 Å². The minimum atomic E-state index is -0.105. The molecule has 0 unspecified atom stereocenters. The summed E-state index contributed by atoms with van der Waals surface area (Å²) in [7, 11) is 0. The average Bonchev–Trinajstić information content (AvgIpc) is 2.69. The van der Waals surface area contributed by atoms with Gasteiger partial charge in [0.05, 0.1) is 5.92 Å². The van der Waals surface area contributed by atoms with Crippen molar-refractivity contribution in [2.75, 3.05) is 36.4 Å². The lowest BCUT2D eigenvalue weighted by Crippen LogP contribution is -2.43. The lowest BCUT2D eigenvalue weighted by molar-refractivity contribution is -0.134. The van der Waals surface area contributed by atoms with Crippen LogP contribution in [0.2, 0.25) is 0 Å². The van der Waals surface area contributed by atoms with Crippen LogP contribution in [0.1, 0.15) is 51.9 Å². The predicted molar refractivity (Wildman–Crippen MR) is 105 cm³/mol. The Labute approximate surface area is 156 Å². The van der Waals surface area contributed by atoms with Crippen molar-refractivity contribution < 1.29 is 9.59 Å². The van der Waals surface area contributed by atoms with Crippen LogP contribution in [0.3, 0.4) is 0 Å². The summed E-state index contributed by atoms with van der Waals surface area (Å²) in [5.74, 6) is 0.104. The molecule has 2 aliphatic rings. The summed E-state index contributed by atoms with van der Waals surface area (Å²) in [5.41, 5.74) is 2.07. The van der Waals surface area contributed by atoms with E-state index in [0.717, 1.165) is 44.6 Å². The molecule has 142 valence electrons. The van der Waals surface area contributed by atoms with Crippen LogP contribution in [0.15, 0.2) is 24.3 Å². The number of nitrogens with one attached hydrogen (secondary N) is 1. The molecular formula is C21H31N3O2. The van der Waals surface area contributed by atoms with Gasteiger partial charge in [-0.15, -0.1) is 0 Å². The Kier molecular flexibility index (Phi) is 6.53. The maximum Gasteiger partial charge on any atom is 0.229 e. The molecule has 0 radical (unpaired) electrons. The first-order valence-electron chi connectivity index (χ1n) is 10.1. The number of hydrogen-bond donors (Lipinski definition) is 1. The quantitative estimate of drug-likeness (QED) is 0.875. The topological polar surface area (TPSA) is 52.7 Å². The van der Waals surface area contributed by atoms with Gasteiger partial charge in [-0.3, -0.25) is 9.59 Å². The molecule has 2 heterocycles. The molecule has 0 aliphatic carbocycles. The summed E-state index contributed by atoms with van der Waals surface area (Å²) >= 11 is 0. The van der Waals surface area contributed by atoms with Gasteiger partial charge in [0.2, 0.25) is 11.8 Å². The maximum absolute atomic E-state index is 12.6. The molecule has 0 aromatic heterocycles. The second-order valence-corrected chi connectivity index (χ2v) is 7.51. The Morgan fingerprint density at radius 3 is 2.46 bits per heavy atom. The Balaban J connectivity index is 1.54. The molecule has 1 N–H and O–H groups in total. The van der Waals surface area contributed by atoms with Crippen molar-refractivity contribution in [3.63, 3.8) is 0 Å². The number of nitrogens with zero attached hydrogens (tertiary/aromatic N) is 2. The van der Waals surface area contributed by atoms with Crippen molar-refractivity contribution in [1.29, 1.82) is 0 Å². The van der Waals surface area contributed by atoms with Gasteiger partial charge in [-0.25, -0.2) is 0 Å². The molecule has 3 rings (SSSR count). The standard InChI is InChI=1S/C21H31N3O2/c1-2-7-20(25)24-15-6-8-17(16-24)21(26)22-18-9-11-19(12-10-18)23-13-4-3-5-14-23/h9-12,17H,2-8,13-16H2,1H3,(H,22,26)/t17-/m1/s1. The summed E-state index contributed by atoms with van der Waals surface area (Å²) in [6.45, 7) is 5.59. The highest BCUT2D eigenvalue weighted by molar-refractivity contribution is 5.93. The SMILES string of the molecule is CCCC(=O)N1CCC[C@@H](C(=O)Nc2ccc(N3CCCCC3)cc2)C1. The summed E-state index contributed by atoms with van der Waals surface area (Å²) in [4.78, 5) is 29.0. The van der Waals surface area contributed by atoms with E-state index in [2.05, 4.69) is 22.3 Å². The van der Waals surface area contributed by atoms with Crippen molar-refractivity contribution in [2.24, 2.45) is 5.92 Å². The first-order valence-corrected chi connectivity index (χ1v) is 10.1. The number of piperidine rings is 2. The van der Waals surface area contributed by atoms with Gasteiger partial charge in [0.15, 0.2) is 0 Å². The average molecular weight is 357 g/mol. The van der Waals surface area contributed by atoms with Crippen LogP contribution in [0.25, 0.3) is 0 Å². The van der Waals surface area contributed by atoms with Crippen molar-refractivity contribution in [2.45, 2.75) is 51.9 Å². The van der Waals surface area contributed by atoms with Crippen molar-refractivity contribution >= 4 is 23.2 Å². The van der Waals surface area contributed by atoms with Crippen LogP contribution in [0, 0.1) is 5.92 Å². The molecule has 2 aliphatic heterocycles. The molecule has 2 saturated heterocycles. The zero-order chi connectivity index (χ0) is 18.4. The van der Waals surface area contributed by atoms with Gasteiger partial charge in [0.25, 0.3) is 0 Å². The first-order chi connectivity index (χ1) is 12.7. The zero-order valence-electron chi connectivity index (χ0n) is 15.9. The summed E-state index contributed by atoms with van der Waals surface area (Å²) in [6.07, 6.45) is 7.03. The number of carbonyl (C=O) groups excluding carboxylic acids is 2. The third-order valence-corrected chi connectivity index (χ3v) is 5.46. The smallest absolute Gasteiger partial charge is 0.229 e. The molecule has 0 spiro atoms. The van der Waals surface area contributed by atoms with Gasteiger partial charge in [0.1, 0.15) is 0 Å². The van der Waals surface area contributed by atoms with Crippen molar-refractivity contribution in [3.05, 3.63) is 24.3 Å². The third kappa shape index (κ3) is 4.77. The number of anilines is 2. The number of benzene rings is 1. The molecule has 1 aromatic carbocycles. The van der Waals surface area contributed by atoms with Crippen molar-refractivity contribution in [1.82, 2.24) is 4.90 Å². The lowest BCUT2D eigenvalue weighted by Gasteiger charge is -2.32. The number of carbonyl (C=O) groups is 2. The van der Waals surface area contributed by atoms with E-state index >= 15 is 0 Å². The lowest BCUT2D eigenvalue weighted by atomic mass is 9.96. The van der Waals surface area contributed by atoms with Gasteiger partial charge in [-0.05, 0) is 62.8 Å². The fourth-order valence-electron chi connectivity index (χ4n) is 3.94. The maximum atomic E-state index is 12.6. The minimum Gasteiger partial charge on any atom is -0.372 e. The number of likely N-dealkylation sites (tertiary alicyclic amines) is 1. The highest BCUT2D eigenvalue weighted by Gasteiger charge is 2.28. The number of rotatable bonds is 5. The van der Waals surface area contributed by atoms with Gasteiger partial charge in [0, 0.05) is 44.0 Å². The molecule has 1 atom stereocenters. The predicted octanol–water partition coefficient (Wildman–Crippen LogP) is 3.65. The monoisotopic (exact) mass is 357 g/mol. The number of hydrogen-bond acceptors (Lipinski definition) is 3. The normalized spacial score (nSPS) is 20.7. The molecule has 2 amide bonds. The fraction of sp³-hybridized carbons (Fsp3) is 0.619. The van der Waals surface area contributed by atoms with E-state index in [9.17, 15) is 9.59 Å². The third-order valence-electron chi connectivity index (χ3n) is 5.46. The molecule has 5 nitrogen and oxygen atoms in total. The summed E-state index contributed by atoms with van der Waals surface area (Å²) in [5, 5.41) is 3.04. The Morgan fingerprint density at radius 1 is 1.04 bits per heavy atom. The number of amides is 2. The Bertz CT molecular complexity index is 608. The van der Waals surface area contributed by atoms with E-state index in [4.69, 9.17) is 0 Å². The highest BCUT2D eigenvalue weighted by atomic mass is 16.2. The minimum absolute atomic E-state index is 0.0321. The Morgan fingerprint density at radius 2 is 1.77 bits per heavy atom. The summed E-state index contributed by atoms with van der Waals surface area (Å²) in [6, 6.07) is 8.17. The van der Waals surface area contributed by atoms with Gasteiger partial charge >= 0.3 is 0 Å². The first kappa shape index (κ1) is 18.7. The van der Waals surface area contributed by atoms with Gasteiger partial charge in [-0.2, -0.15) is 0 Å². The molecule has 26 heavy (non-hydrogen) atoms. The van der Waals surface area contributed by atoms with E-state index in [1.807, 2.05) is 24.0 Å². The van der Waals surface area contributed by atoms with Crippen LogP contribution in [0.5, 0.6) is 0 Å². The van der Waals surface area contributed by atoms with E-state index in [0.29, 0.717) is 13.0 Å². The molecule has 0 bridgehead atoms. The molecule has 2 fully saturated rings. The van der Waals surface area contributed by atoms with E-state index in [1.165, 1.54) is 24.9 Å². The largest absolute Gasteiger partial charge is 0.372 e. The molecule has 5 heteroatoms. The van der Waals surface area contributed by atoms with E-state index < -0.39 is 0 Å². The molecular weight excluding hydrogens is 326 g/mol. The van der Waals surface area contributed by atoms with Gasteiger partial charge < -0.3 is 15.1 Å². The Hall–Kier alpha value is -2.04. The van der Waals surface area contributed by atoms with Crippen LogP contribution >= 0.6 is 0 Å². The van der Waals surface area contributed by atoms with Crippen molar-refractivity contribution in [3.8, 4) is 0 Å². The second kappa shape index (κ2) is 9.06. The molecule has 1 aromatic rings. The zero-order valence-corrected chi connectivity index (χ0v) is 15.9. The summed E-state index contributed by atoms with van der Waals surface area (Å²) < 4.78 is 0. The van der Waals surface area contributed by atoms with Gasteiger partial charge in [-0.1, -0.05) is 6.92 Å². The van der Waals surface area contributed by atoms with Crippen LogP contribution in [-0.4, -0.2) is 42.9 Å². The highest BCUT2D eigenvalue weighted by Crippen LogP contribution is 2.23. The van der Waals surface area contributed by atoms with Crippen LogP contribution in [0.4, 0.5) is 11.4 Å². The fourth-order valence-corrected chi connectivity index (χ4v) is 3.94. The van der Waals surface area contributed by atoms with Crippen LogP contribution < -0.4 is 10.2 Å². The molecule has 0 saturated carbocycles.